The van der Waals surface area contributed by atoms with Crippen molar-refractivity contribution >= 4 is 21.8 Å². The van der Waals surface area contributed by atoms with E-state index in [1.165, 1.54) is 12.8 Å². The zero-order valence-electron chi connectivity index (χ0n) is 9.98. The second-order valence-corrected chi connectivity index (χ2v) is 6.01. The summed E-state index contributed by atoms with van der Waals surface area (Å²) < 4.78 is 0. The SMILES string of the molecule is CC(C)(CBr)C(=O)N[C@H]1CC[C@H](C)CC1. The summed E-state index contributed by atoms with van der Waals surface area (Å²) in [5.41, 5.74) is -0.289. The standard InChI is InChI=1S/C12H22BrNO/c1-9-4-6-10(7-5-9)14-11(15)12(2,3)8-13/h9-10H,4-8H2,1-3H3,(H,14,15)/t9-,10-. The van der Waals surface area contributed by atoms with Crippen molar-refractivity contribution in [3.05, 3.63) is 0 Å². The Morgan fingerprint density at radius 3 is 2.33 bits per heavy atom. The Hall–Kier alpha value is -0.0500. The monoisotopic (exact) mass is 275 g/mol. The third-order valence-electron chi connectivity index (χ3n) is 3.30. The molecule has 1 aliphatic carbocycles. The number of halogens is 1. The van der Waals surface area contributed by atoms with E-state index in [2.05, 4.69) is 28.2 Å². The first-order chi connectivity index (χ1) is 6.95. The van der Waals surface area contributed by atoms with Crippen LogP contribution in [0.25, 0.3) is 0 Å². The van der Waals surface area contributed by atoms with Crippen LogP contribution in [-0.4, -0.2) is 17.3 Å². The molecule has 1 rings (SSSR count). The minimum absolute atomic E-state index is 0.180. The van der Waals surface area contributed by atoms with Crippen molar-refractivity contribution in [2.45, 2.75) is 52.5 Å². The number of nitrogens with one attached hydrogen (secondary N) is 1. The highest BCUT2D eigenvalue weighted by Gasteiger charge is 2.29. The highest BCUT2D eigenvalue weighted by molar-refractivity contribution is 9.09. The molecule has 0 aliphatic heterocycles. The van der Waals surface area contributed by atoms with Crippen molar-refractivity contribution in [2.24, 2.45) is 11.3 Å². The van der Waals surface area contributed by atoms with E-state index in [1.807, 2.05) is 13.8 Å². The maximum atomic E-state index is 11.9. The van der Waals surface area contributed by atoms with Crippen molar-refractivity contribution in [1.29, 1.82) is 0 Å². The molecule has 1 aliphatic rings. The summed E-state index contributed by atoms with van der Waals surface area (Å²) in [7, 11) is 0. The van der Waals surface area contributed by atoms with Gasteiger partial charge in [0.2, 0.25) is 5.91 Å². The van der Waals surface area contributed by atoms with E-state index in [4.69, 9.17) is 0 Å². The Bertz CT molecular complexity index is 220. The van der Waals surface area contributed by atoms with Crippen LogP contribution in [-0.2, 0) is 4.79 Å². The number of rotatable bonds is 3. The van der Waals surface area contributed by atoms with E-state index in [0.717, 1.165) is 24.1 Å². The van der Waals surface area contributed by atoms with Crippen LogP contribution in [0.3, 0.4) is 0 Å². The van der Waals surface area contributed by atoms with Crippen LogP contribution in [0.5, 0.6) is 0 Å². The van der Waals surface area contributed by atoms with Gasteiger partial charge in [0.15, 0.2) is 0 Å². The molecule has 0 heterocycles. The van der Waals surface area contributed by atoms with E-state index in [0.29, 0.717) is 6.04 Å². The number of amides is 1. The fraction of sp³-hybridized carbons (Fsp3) is 0.917. The van der Waals surface area contributed by atoms with Gasteiger partial charge in [-0.25, -0.2) is 0 Å². The van der Waals surface area contributed by atoms with Crippen LogP contribution in [0.1, 0.15) is 46.5 Å². The second-order valence-electron chi connectivity index (χ2n) is 5.45. The molecule has 0 atom stereocenters. The minimum atomic E-state index is -0.289. The summed E-state index contributed by atoms with van der Waals surface area (Å²) in [4.78, 5) is 11.9. The van der Waals surface area contributed by atoms with Crippen LogP contribution in [0.4, 0.5) is 0 Å². The summed E-state index contributed by atoms with van der Waals surface area (Å²) in [5, 5.41) is 3.88. The lowest BCUT2D eigenvalue weighted by atomic mass is 9.86. The highest BCUT2D eigenvalue weighted by atomic mass is 79.9. The largest absolute Gasteiger partial charge is 0.353 e. The molecule has 2 nitrogen and oxygen atoms in total. The van der Waals surface area contributed by atoms with E-state index in [-0.39, 0.29) is 11.3 Å². The first-order valence-corrected chi connectivity index (χ1v) is 6.95. The molecule has 1 saturated carbocycles. The molecule has 1 fully saturated rings. The van der Waals surface area contributed by atoms with E-state index < -0.39 is 0 Å². The van der Waals surface area contributed by atoms with Gasteiger partial charge in [-0.2, -0.15) is 0 Å². The molecule has 0 bridgehead atoms. The predicted molar refractivity (Wildman–Crippen MR) is 67.1 cm³/mol. The molecule has 1 N–H and O–H groups in total. The topological polar surface area (TPSA) is 29.1 Å². The van der Waals surface area contributed by atoms with E-state index in [9.17, 15) is 4.79 Å². The highest BCUT2D eigenvalue weighted by Crippen LogP contribution is 2.25. The van der Waals surface area contributed by atoms with Gasteiger partial charge in [0.1, 0.15) is 0 Å². The van der Waals surface area contributed by atoms with Crippen LogP contribution < -0.4 is 5.32 Å². The summed E-state index contributed by atoms with van der Waals surface area (Å²) in [5.74, 6) is 1.02. The van der Waals surface area contributed by atoms with E-state index in [1.54, 1.807) is 0 Å². The van der Waals surface area contributed by atoms with Crippen molar-refractivity contribution < 1.29 is 4.79 Å². The predicted octanol–water partition coefficient (Wildman–Crippen LogP) is 3.10. The van der Waals surface area contributed by atoms with Crippen LogP contribution in [0, 0.1) is 11.3 Å². The van der Waals surface area contributed by atoms with Crippen molar-refractivity contribution in [1.82, 2.24) is 5.32 Å². The first-order valence-electron chi connectivity index (χ1n) is 5.82. The van der Waals surface area contributed by atoms with Gasteiger partial charge in [0.05, 0.1) is 5.41 Å². The summed E-state index contributed by atoms with van der Waals surface area (Å²) in [6.45, 7) is 6.24. The van der Waals surface area contributed by atoms with Gasteiger partial charge >= 0.3 is 0 Å². The van der Waals surface area contributed by atoms with Gasteiger partial charge in [-0.15, -0.1) is 0 Å². The smallest absolute Gasteiger partial charge is 0.226 e. The quantitative estimate of drug-likeness (QED) is 0.788. The number of carbonyl (C=O) groups excluding carboxylic acids is 1. The lowest BCUT2D eigenvalue weighted by Gasteiger charge is -2.30. The summed E-state index contributed by atoms with van der Waals surface area (Å²) in [6, 6.07) is 0.409. The third-order valence-corrected chi connectivity index (χ3v) is 4.70. The molecule has 0 unspecified atom stereocenters. The second kappa shape index (κ2) is 5.33. The first kappa shape index (κ1) is 13.0. The van der Waals surface area contributed by atoms with Gasteiger partial charge in [-0.05, 0) is 31.6 Å². The average Bonchev–Trinajstić information content (AvgIpc) is 2.21. The van der Waals surface area contributed by atoms with Crippen LogP contribution in [0.2, 0.25) is 0 Å². The minimum Gasteiger partial charge on any atom is -0.353 e. The van der Waals surface area contributed by atoms with Gasteiger partial charge < -0.3 is 5.32 Å². The Morgan fingerprint density at radius 1 is 1.33 bits per heavy atom. The van der Waals surface area contributed by atoms with Gasteiger partial charge in [0.25, 0.3) is 0 Å². The zero-order chi connectivity index (χ0) is 11.5. The van der Waals surface area contributed by atoms with Crippen molar-refractivity contribution in [2.75, 3.05) is 5.33 Å². The maximum absolute atomic E-state index is 11.9. The Labute approximate surface area is 101 Å². The van der Waals surface area contributed by atoms with Crippen molar-refractivity contribution in [3.63, 3.8) is 0 Å². The molecule has 0 aromatic heterocycles. The van der Waals surface area contributed by atoms with Gasteiger partial charge in [0, 0.05) is 11.4 Å². The van der Waals surface area contributed by atoms with Gasteiger partial charge in [-0.3, -0.25) is 4.79 Å². The fourth-order valence-corrected chi connectivity index (χ4v) is 2.10. The molecule has 0 aromatic rings. The molecule has 0 spiro atoms. The zero-order valence-corrected chi connectivity index (χ0v) is 11.6. The summed E-state index contributed by atoms with van der Waals surface area (Å²) >= 11 is 3.39. The molecule has 0 aromatic carbocycles. The van der Waals surface area contributed by atoms with E-state index >= 15 is 0 Å². The molecule has 3 heteroatoms. The van der Waals surface area contributed by atoms with Crippen LogP contribution in [0.15, 0.2) is 0 Å². The number of alkyl halides is 1. The molecular weight excluding hydrogens is 254 g/mol. The normalized spacial score (nSPS) is 27.5. The molecular formula is C12H22BrNO. The third kappa shape index (κ3) is 3.78. The summed E-state index contributed by atoms with van der Waals surface area (Å²) in [6.07, 6.45) is 4.79. The number of carbonyl (C=O) groups is 1. The molecule has 1 amide bonds. The molecule has 0 saturated heterocycles. The fourth-order valence-electron chi connectivity index (χ4n) is 1.85. The lowest BCUT2D eigenvalue weighted by molar-refractivity contribution is -0.129. The Morgan fingerprint density at radius 2 is 1.87 bits per heavy atom. The van der Waals surface area contributed by atoms with Crippen LogP contribution >= 0.6 is 15.9 Å². The number of hydrogen-bond acceptors (Lipinski definition) is 1. The maximum Gasteiger partial charge on any atom is 0.226 e. The Balaban J connectivity index is 2.39. The molecule has 88 valence electrons. The van der Waals surface area contributed by atoms with Crippen molar-refractivity contribution in [3.8, 4) is 0 Å². The molecule has 15 heavy (non-hydrogen) atoms. The average molecular weight is 276 g/mol. The Kier molecular flexibility index (Phi) is 4.63. The lowest BCUT2D eigenvalue weighted by Crippen LogP contribution is -2.44. The number of hydrogen-bond donors (Lipinski definition) is 1. The van der Waals surface area contributed by atoms with Gasteiger partial charge in [-0.1, -0.05) is 36.7 Å². The molecule has 0 radical (unpaired) electrons.